The summed E-state index contributed by atoms with van der Waals surface area (Å²) in [6.45, 7) is 4.68. The van der Waals surface area contributed by atoms with Gasteiger partial charge in [0, 0.05) is 23.5 Å². The summed E-state index contributed by atoms with van der Waals surface area (Å²) in [5.41, 5.74) is 1.12. The van der Waals surface area contributed by atoms with Crippen molar-refractivity contribution in [2.24, 2.45) is 28.6 Å². The van der Waals surface area contributed by atoms with Crippen LogP contribution in [0.4, 0.5) is 0 Å². The lowest BCUT2D eigenvalue weighted by molar-refractivity contribution is -0.141. The quantitative estimate of drug-likeness (QED) is 0.751. The van der Waals surface area contributed by atoms with Crippen LogP contribution in [-0.2, 0) is 14.3 Å². The standard InChI is InChI=1S/C20H29NO3/c1-19-10-8-14-12(13(19)5-6-15(19)18(23)24-3)4-7-16-20(14,2)11-9-17(22)21-16/h6,12-14,16H,4-5,7-11H2,1-3H3,(H,21,22)/t12-,13-,14+,16?,19-,20+/m0/s1. The number of fused-ring (bicyclic) bond motifs is 5. The highest BCUT2D eigenvalue weighted by Gasteiger charge is 2.59. The molecule has 132 valence electrons. The average molecular weight is 331 g/mol. The highest BCUT2D eigenvalue weighted by Crippen LogP contribution is 2.64. The molecule has 0 bridgehead atoms. The minimum atomic E-state index is -0.136. The topological polar surface area (TPSA) is 55.4 Å². The normalized spacial score (nSPS) is 47.0. The predicted molar refractivity (Wildman–Crippen MR) is 91.0 cm³/mol. The van der Waals surface area contributed by atoms with E-state index in [0.29, 0.717) is 30.2 Å². The lowest BCUT2D eigenvalue weighted by atomic mass is 9.47. The Morgan fingerprint density at radius 3 is 2.75 bits per heavy atom. The minimum Gasteiger partial charge on any atom is -0.466 e. The van der Waals surface area contributed by atoms with Crippen LogP contribution in [0.3, 0.4) is 0 Å². The molecule has 3 aliphatic carbocycles. The molecule has 3 fully saturated rings. The molecular formula is C20H29NO3. The van der Waals surface area contributed by atoms with Gasteiger partial charge < -0.3 is 10.1 Å². The minimum absolute atomic E-state index is 0.0185. The first-order chi connectivity index (χ1) is 11.4. The molecule has 24 heavy (non-hydrogen) atoms. The van der Waals surface area contributed by atoms with Crippen LogP contribution in [0.5, 0.6) is 0 Å². The number of allylic oxidation sites excluding steroid dienone is 1. The monoisotopic (exact) mass is 331 g/mol. The number of ether oxygens (including phenoxy) is 1. The summed E-state index contributed by atoms with van der Waals surface area (Å²) in [4.78, 5) is 24.1. The molecule has 2 saturated carbocycles. The van der Waals surface area contributed by atoms with E-state index >= 15 is 0 Å². The summed E-state index contributed by atoms with van der Waals surface area (Å²) in [5.74, 6) is 1.98. The highest BCUT2D eigenvalue weighted by molar-refractivity contribution is 5.90. The summed E-state index contributed by atoms with van der Waals surface area (Å²) < 4.78 is 5.05. The molecule has 0 spiro atoms. The maximum Gasteiger partial charge on any atom is 0.333 e. The van der Waals surface area contributed by atoms with Crippen molar-refractivity contribution in [2.45, 2.75) is 64.8 Å². The molecule has 1 unspecified atom stereocenters. The fourth-order valence-corrected chi connectivity index (χ4v) is 6.70. The molecule has 0 radical (unpaired) electrons. The van der Waals surface area contributed by atoms with E-state index in [1.165, 1.54) is 13.5 Å². The van der Waals surface area contributed by atoms with Gasteiger partial charge >= 0.3 is 5.97 Å². The Bertz CT molecular complexity index is 612. The van der Waals surface area contributed by atoms with Gasteiger partial charge in [0.1, 0.15) is 0 Å². The van der Waals surface area contributed by atoms with Gasteiger partial charge in [0.05, 0.1) is 7.11 Å². The van der Waals surface area contributed by atoms with E-state index in [1.54, 1.807) is 0 Å². The van der Waals surface area contributed by atoms with Gasteiger partial charge in [-0.05, 0) is 61.7 Å². The zero-order valence-corrected chi connectivity index (χ0v) is 15.1. The van der Waals surface area contributed by atoms with Crippen molar-refractivity contribution in [1.82, 2.24) is 5.32 Å². The van der Waals surface area contributed by atoms with Crippen LogP contribution in [0.25, 0.3) is 0 Å². The first kappa shape index (κ1) is 16.2. The van der Waals surface area contributed by atoms with Crippen molar-refractivity contribution < 1.29 is 14.3 Å². The van der Waals surface area contributed by atoms with E-state index < -0.39 is 0 Å². The second kappa shape index (κ2) is 5.34. The third kappa shape index (κ3) is 2.04. The van der Waals surface area contributed by atoms with E-state index in [4.69, 9.17) is 4.74 Å². The molecule has 4 nitrogen and oxygen atoms in total. The zero-order valence-electron chi connectivity index (χ0n) is 15.1. The molecule has 1 amide bonds. The smallest absolute Gasteiger partial charge is 0.333 e. The first-order valence-corrected chi connectivity index (χ1v) is 9.48. The van der Waals surface area contributed by atoms with Crippen molar-refractivity contribution in [3.8, 4) is 0 Å². The van der Waals surface area contributed by atoms with Gasteiger partial charge in [0.25, 0.3) is 0 Å². The number of piperidine rings is 1. The van der Waals surface area contributed by atoms with Gasteiger partial charge in [0.2, 0.25) is 5.91 Å². The Kier molecular flexibility index (Phi) is 3.59. The lowest BCUT2D eigenvalue weighted by Gasteiger charge is -2.59. The van der Waals surface area contributed by atoms with Crippen molar-refractivity contribution in [1.29, 1.82) is 0 Å². The van der Waals surface area contributed by atoms with E-state index in [2.05, 4.69) is 25.2 Å². The average Bonchev–Trinajstić information content (AvgIpc) is 2.92. The van der Waals surface area contributed by atoms with Gasteiger partial charge in [-0.1, -0.05) is 19.9 Å². The molecule has 4 heteroatoms. The van der Waals surface area contributed by atoms with Crippen molar-refractivity contribution in [2.75, 3.05) is 7.11 Å². The number of esters is 1. The van der Waals surface area contributed by atoms with Gasteiger partial charge in [-0.2, -0.15) is 0 Å². The third-order valence-electron chi connectivity index (χ3n) is 8.08. The van der Waals surface area contributed by atoms with Crippen LogP contribution in [0.2, 0.25) is 0 Å². The number of hydrogen-bond donors (Lipinski definition) is 1. The Balaban J connectivity index is 1.62. The number of hydrogen-bond acceptors (Lipinski definition) is 3. The van der Waals surface area contributed by atoms with Gasteiger partial charge in [-0.25, -0.2) is 4.79 Å². The Hall–Kier alpha value is -1.32. The molecule has 1 aliphatic heterocycles. The molecule has 0 aromatic rings. The molecule has 4 rings (SSSR count). The van der Waals surface area contributed by atoms with Crippen LogP contribution in [0.1, 0.15) is 58.8 Å². The fourth-order valence-electron chi connectivity index (χ4n) is 6.70. The molecule has 4 aliphatic rings. The van der Waals surface area contributed by atoms with E-state index in [0.717, 1.165) is 37.7 Å². The van der Waals surface area contributed by atoms with Crippen LogP contribution in [0, 0.1) is 28.6 Å². The second-order valence-corrected chi connectivity index (χ2v) is 8.88. The number of amides is 1. The fraction of sp³-hybridized carbons (Fsp3) is 0.800. The molecule has 1 N–H and O–H groups in total. The number of rotatable bonds is 1. The van der Waals surface area contributed by atoms with Crippen molar-refractivity contribution in [3.63, 3.8) is 0 Å². The van der Waals surface area contributed by atoms with Gasteiger partial charge in [-0.15, -0.1) is 0 Å². The number of nitrogens with one attached hydrogen (secondary N) is 1. The van der Waals surface area contributed by atoms with Gasteiger partial charge in [0.15, 0.2) is 0 Å². The predicted octanol–water partition coefficient (Wildman–Crippen LogP) is 3.22. The molecular weight excluding hydrogens is 302 g/mol. The molecule has 1 heterocycles. The lowest BCUT2D eigenvalue weighted by Crippen LogP contribution is -2.61. The number of carbonyl (C=O) groups excluding carboxylic acids is 2. The summed E-state index contributed by atoms with van der Waals surface area (Å²) in [5, 5.41) is 3.27. The molecule has 1 saturated heterocycles. The van der Waals surface area contributed by atoms with Crippen LogP contribution in [0.15, 0.2) is 11.6 Å². The zero-order chi connectivity index (χ0) is 17.1. The maximum absolute atomic E-state index is 12.2. The summed E-state index contributed by atoms with van der Waals surface area (Å²) in [6.07, 6.45) is 9.34. The van der Waals surface area contributed by atoms with E-state index in [-0.39, 0.29) is 22.7 Å². The summed E-state index contributed by atoms with van der Waals surface area (Å²) >= 11 is 0. The Labute approximate surface area is 144 Å². The number of methoxy groups -OCH3 is 1. The second-order valence-electron chi connectivity index (χ2n) is 8.88. The summed E-state index contributed by atoms with van der Waals surface area (Å²) in [7, 11) is 1.49. The van der Waals surface area contributed by atoms with E-state index in [9.17, 15) is 9.59 Å². The van der Waals surface area contributed by atoms with Crippen LogP contribution in [-0.4, -0.2) is 25.0 Å². The highest BCUT2D eigenvalue weighted by atomic mass is 16.5. The SMILES string of the molecule is COC(=O)C1=CC[C@H]2[C@@H]3CCC4NC(=O)CC[C@]4(C)[C@@H]3CC[C@]12C. The van der Waals surface area contributed by atoms with Crippen LogP contribution < -0.4 is 5.32 Å². The van der Waals surface area contributed by atoms with Gasteiger partial charge in [-0.3, -0.25) is 4.79 Å². The van der Waals surface area contributed by atoms with Crippen LogP contribution >= 0.6 is 0 Å². The third-order valence-corrected chi connectivity index (χ3v) is 8.08. The molecule has 0 aromatic heterocycles. The molecule has 6 atom stereocenters. The van der Waals surface area contributed by atoms with Crippen molar-refractivity contribution >= 4 is 11.9 Å². The van der Waals surface area contributed by atoms with Crippen molar-refractivity contribution in [3.05, 3.63) is 11.6 Å². The number of carbonyl (C=O) groups is 2. The Morgan fingerprint density at radius 1 is 1.21 bits per heavy atom. The largest absolute Gasteiger partial charge is 0.466 e. The van der Waals surface area contributed by atoms with E-state index in [1.807, 2.05) is 0 Å². The maximum atomic E-state index is 12.2. The Morgan fingerprint density at radius 2 is 2.00 bits per heavy atom. The summed E-state index contributed by atoms with van der Waals surface area (Å²) in [6, 6.07) is 0.346. The first-order valence-electron chi connectivity index (χ1n) is 9.48. The molecule has 0 aromatic carbocycles.